The summed E-state index contributed by atoms with van der Waals surface area (Å²) < 4.78 is 20.5. The number of carbonyl (C=O) groups is 1. The summed E-state index contributed by atoms with van der Waals surface area (Å²) in [4.78, 5) is 12.1. The van der Waals surface area contributed by atoms with Crippen molar-refractivity contribution in [3.05, 3.63) is 46.4 Å². The molecule has 0 saturated carbocycles. The summed E-state index contributed by atoms with van der Waals surface area (Å²) in [7, 11) is 3.34. The standard InChI is InChI=1S/C17H23FN4O2/c1-10-6-7-13(8-15(10)18)11(2)20-17(23)19-9-14-12(3)21-22(4)16(14)24-5/h6-8,11H,9H2,1-5H3,(H2,19,20,23)/t11-/m0/s1. The van der Waals surface area contributed by atoms with Gasteiger partial charge in [0.1, 0.15) is 5.82 Å². The summed E-state index contributed by atoms with van der Waals surface area (Å²) >= 11 is 0. The Bertz CT molecular complexity index is 742. The highest BCUT2D eigenvalue weighted by Crippen LogP contribution is 2.20. The van der Waals surface area contributed by atoms with Crippen molar-refractivity contribution < 1.29 is 13.9 Å². The van der Waals surface area contributed by atoms with Crippen LogP contribution in [-0.2, 0) is 13.6 Å². The van der Waals surface area contributed by atoms with E-state index >= 15 is 0 Å². The number of methoxy groups -OCH3 is 1. The molecule has 130 valence electrons. The normalized spacial score (nSPS) is 11.9. The van der Waals surface area contributed by atoms with Crippen LogP contribution in [0.25, 0.3) is 0 Å². The molecule has 2 aromatic rings. The molecule has 1 heterocycles. The average molecular weight is 334 g/mol. The molecule has 0 aliphatic rings. The number of urea groups is 1. The predicted molar refractivity (Wildman–Crippen MR) is 89.4 cm³/mol. The number of nitrogens with one attached hydrogen (secondary N) is 2. The third kappa shape index (κ3) is 3.84. The van der Waals surface area contributed by atoms with Crippen LogP contribution >= 0.6 is 0 Å². The van der Waals surface area contributed by atoms with Gasteiger partial charge in [-0.05, 0) is 38.0 Å². The Morgan fingerprint density at radius 3 is 2.75 bits per heavy atom. The van der Waals surface area contributed by atoms with E-state index in [0.29, 0.717) is 23.6 Å². The van der Waals surface area contributed by atoms with E-state index < -0.39 is 0 Å². The van der Waals surface area contributed by atoms with Gasteiger partial charge in [0.25, 0.3) is 0 Å². The van der Waals surface area contributed by atoms with Crippen molar-refractivity contribution in [2.75, 3.05) is 7.11 Å². The van der Waals surface area contributed by atoms with Gasteiger partial charge >= 0.3 is 6.03 Å². The zero-order chi connectivity index (χ0) is 17.9. The highest BCUT2D eigenvalue weighted by atomic mass is 19.1. The molecule has 1 aromatic heterocycles. The molecular weight excluding hydrogens is 311 g/mol. The zero-order valence-corrected chi connectivity index (χ0v) is 14.6. The lowest BCUT2D eigenvalue weighted by atomic mass is 10.1. The Morgan fingerprint density at radius 2 is 2.12 bits per heavy atom. The van der Waals surface area contributed by atoms with E-state index in [1.165, 1.54) is 6.07 Å². The molecule has 0 unspecified atom stereocenters. The van der Waals surface area contributed by atoms with Crippen LogP contribution in [0.1, 0.15) is 35.3 Å². The number of ether oxygens (including phenoxy) is 1. The molecule has 1 aromatic carbocycles. The second-order valence-corrected chi connectivity index (χ2v) is 5.75. The summed E-state index contributed by atoms with van der Waals surface area (Å²) in [6.45, 7) is 5.66. The zero-order valence-electron chi connectivity index (χ0n) is 14.6. The van der Waals surface area contributed by atoms with E-state index in [2.05, 4.69) is 15.7 Å². The molecule has 1 atom stereocenters. The van der Waals surface area contributed by atoms with E-state index in [9.17, 15) is 9.18 Å². The van der Waals surface area contributed by atoms with Gasteiger partial charge in [-0.2, -0.15) is 5.10 Å². The maximum Gasteiger partial charge on any atom is 0.315 e. The fourth-order valence-corrected chi connectivity index (χ4v) is 2.52. The van der Waals surface area contributed by atoms with Gasteiger partial charge in [0.05, 0.1) is 31.0 Å². The molecule has 0 aliphatic carbocycles. The molecule has 0 fully saturated rings. The Kier molecular flexibility index (Phi) is 5.43. The van der Waals surface area contributed by atoms with E-state index in [-0.39, 0.29) is 17.9 Å². The van der Waals surface area contributed by atoms with Crippen LogP contribution in [0.5, 0.6) is 5.88 Å². The lowest BCUT2D eigenvalue weighted by Gasteiger charge is -2.16. The van der Waals surface area contributed by atoms with Gasteiger partial charge in [0.15, 0.2) is 0 Å². The van der Waals surface area contributed by atoms with Crippen molar-refractivity contribution in [3.8, 4) is 5.88 Å². The number of hydrogen-bond acceptors (Lipinski definition) is 3. The minimum atomic E-state index is -0.339. The first-order chi connectivity index (χ1) is 11.3. The number of aryl methyl sites for hydroxylation is 3. The first-order valence-electron chi connectivity index (χ1n) is 7.70. The molecule has 2 rings (SSSR count). The van der Waals surface area contributed by atoms with Crippen molar-refractivity contribution in [1.29, 1.82) is 0 Å². The van der Waals surface area contributed by atoms with Crippen LogP contribution in [0.2, 0.25) is 0 Å². The second-order valence-electron chi connectivity index (χ2n) is 5.75. The van der Waals surface area contributed by atoms with Crippen LogP contribution in [0.4, 0.5) is 9.18 Å². The number of carbonyl (C=O) groups excluding carboxylic acids is 1. The topological polar surface area (TPSA) is 68.2 Å². The Hall–Kier alpha value is -2.57. The minimum absolute atomic E-state index is 0.280. The fraction of sp³-hybridized carbons (Fsp3) is 0.412. The van der Waals surface area contributed by atoms with Crippen LogP contribution in [0, 0.1) is 19.7 Å². The van der Waals surface area contributed by atoms with Gasteiger partial charge in [-0.3, -0.25) is 0 Å². The third-order valence-corrected chi connectivity index (χ3v) is 3.95. The van der Waals surface area contributed by atoms with Crippen molar-refractivity contribution in [2.24, 2.45) is 7.05 Å². The Morgan fingerprint density at radius 1 is 1.42 bits per heavy atom. The number of rotatable bonds is 5. The van der Waals surface area contributed by atoms with E-state index in [1.807, 2.05) is 6.92 Å². The molecule has 6 nitrogen and oxygen atoms in total. The molecule has 0 aliphatic heterocycles. The molecule has 0 bridgehead atoms. The minimum Gasteiger partial charge on any atom is -0.481 e. The number of benzene rings is 1. The van der Waals surface area contributed by atoms with Crippen molar-refractivity contribution in [3.63, 3.8) is 0 Å². The average Bonchev–Trinajstić information content (AvgIpc) is 2.80. The van der Waals surface area contributed by atoms with Gasteiger partial charge in [-0.15, -0.1) is 0 Å². The van der Waals surface area contributed by atoms with Gasteiger partial charge < -0.3 is 15.4 Å². The Labute approximate surface area is 141 Å². The smallest absolute Gasteiger partial charge is 0.315 e. The van der Waals surface area contributed by atoms with Crippen LogP contribution < -0.4 is 15.4 Å². The van der Waals surface area contributed by atoms with Gasteiger partial charge in [0, 0.05) is 7.05 Å². The largest absolute Gasteiger partial charge is 0.481 e. The summed E-state index contributed by atoms with van der Waals surface area (Å²) in [5, 5.41) is 9.83. The first-order valence-corrected chi connectivity index (χ1v) is 7.70. The highest BCUT2D eigenvalue weighted by Gasteiger charge is 2.16. The molecule has 2 N–H and O–H groups in total. The lowest BCUT2D eigenvalue weighted by molar-refractivity contribution is 0.237. The summed E-state index contributed by atoms with van der Waals surface area (Å²) in [5.41, 5.74) is 2.91. The molecule has 7 heteroatoms. The summed E-state index contributed by atoms with van der Waals surface area (Å²) in [6, 6.07) is 4.29. The van der Waals surface area contributed by atoms with E-state index in [0.717, 1.165) is 11.3 Å². The molecule has 0 spiro atoms. The van der Waals surface area contributed by atoms with Crippen molar-refractivity contribution >= 4 is 6.03 Å². The molecule has 0 radical (unpaired) electrons. The number of hydrogen-bond donors (Lipinski definition) is 2. The quantitative estimate of drug-likeness (QED) is 0.883. The molecule has 0 saturated heterocycles. The molecule has 2 amide bonds. The van der Waals surface area contributed by atoms with E-state index in [4.69, 9.17) is 4.74 Å². The lowest BCUT2D eigenvalue weighted by Crippen LogP contribution is -2.36. The summed E-state index contributed by atoms with van der Waals surface area (Å²) in [6.07, 6.45) is 0. The monoisotopic (exact) mass is 334 g/mol. The van der Waals surface area contributed by atoms with Crippen LogP contribution in [0.3, 0.4) is 0 Å². The maximum atomic E-state index is 13.6. The highest BCUT2D eigenvalue weighted by molar-refractivity contribution is 5.74. The van der Waals surface area contributed by atoms with Gasteiger partial charge in [-0.1, -0.05) is 12.1 Å². The van der Waals surface area contributed by atoms with Crippen LogP contribution in [-0.4, -0.2) is 22.9 Å². The maximum absolute atomic E-state index is 13.6. The number of halogens is 1. The SMILES string of the molecule is COc1c(CNC(=O)N[C@@H](C)c2ccc(C)c(F)c2)c(C)nn1C. The number of nitrogens with zero attached hydrogens (tertiary/aromatic N) is 2. The summed E-state index contributed by atoms with van der Waals surface area (Å²) in [5.74, 6) is 0.332. The first kappa shape index (κ1) is 17.8. The number of amides is 2. The second kappa shape index (κ2) is 7.33. The third-order valence-electron chi connectivity index (χ3n) is 3.95. The predicted octanol–water partition coefficient (Wildman–Crippen LogP) is 2.75. The van der Waals surface area contributed by atoms with E-state index in [1.54, 1.807) is 44.8 Å². The van der Waals surface area contributed by atoms with Crippen molar-refractivity contribution in [1.82, 2.24) is 20.4 Å². The number of aromatic nitrogens is 2. The Balaban J connectivity index is 1.97. The van der Waals surface area contributed by atoms with Crippen LogP contribution in [0.15, 0.2) is 18.2 Å². The molecule has 24 heavy (non-hydrogen) atoms. The van der Waals surface area contributed by atoms with Gasteiger partial charge in [0.2, 0.25) is 5.88 Å². The van der Waals surface area contributed by atoms with Crippen molar-refractivity contribution in [2.45, 2.75) is 33.4 Å². The van der Waals surface area contributed by atoms with Gasteiger partial charge in [-0.25, -0.2) is 13.9 Å². The molecular formula is C17H23FN4O2. The fourth-order valence-electron chi connectivity index (χ4n) is 2.52.